The van der Waals surface area contributed by atoms with Crippen molar-refractivity contribution in [3.63, 3.8) is 0 Å². The molecule has 1 amide bonds. The number of hydrogen-bond donors (Lipinski definition) is 4. The van der Waals surface area contributed by atoms with Gasteiger partial charge in [0, 0.05) is 42.3 Å². The molecule has 0 atom stereocenters. The van der Waals surface area contributed by atoms with Crippen LogP contribution in [-0.4, -0.2) is 48.4 Å². The molecule has 2 aromatic carbocycles. The van der Waals surface area contributed by atoms with Gasteiger partial charge in [-0.1, -0.05) is 24.3 Å². The lowest BCUT2D eigenvalue weighted by Crippen LogP contribution is -2.43. The van der Waals surface area contributed by atoms with Gasteiger partial charge in [-0.15, -0.1) is 0 Å². The first-order valence-electron chi connectivity index (χ1n) is 11.4. The van der Waals surface area contributed by atoms with Gasteiger partial charge < -0.3 is 30.8 Å². The molecule has 1 aromatic heterocycles. The smallest absolute Gasteiger partial charge is 0.258 e. The Morgan fingerprint density at radius 1 is 1.08 bits per heavy atom. The highest BCUT2D eigenvalue weighted by atomic mass is 16.5. The summed E-state index contributed by atoms with van der Waals surface area (Å²) in [5, 5.41) is 16.7. The average Bonchev–Trinajstić information content (AvgIpc) is 2.86. The zero-order valence-electron chi connectivity index (χ0n) is 21.2. The van der Waals surface area contributed by atoms with Crippen molar-refractivity contribution in [3.05, 3.63) is 66.6 Å². The van der Waals surface area contributed by atoms with Crippen molar-refractivity contribution in [1.82, 2.24) is 20.6 Å². The number of nitrogens with one attached hydrogen (secondary N) is 4. The van der Waals surface area contributed by atoms with Gasteiger partial charge >= 0.3 is 0 Å². The van der Waals surface area contributed by atoms with Gasteiger partial charge in [0.1, 0.15) is 17.3 Å². The molecule has 0 radical (unpaired) electrons. The molecule has 36 heavy (non-hydrogen) atoms. The molecular formula is C27H32N6O3. The van der Waals surface area contributed by atoms with Gasteiger partial charge in [-0.25, -0.2) is 9.97 Å². The van der Waals surface area contributed by atoms with Crippen molar-refractivity contribution in [3.8, 4) is 34.0 Å². The third kappa shape index (κ3) is 7.30. The minimum absolute atomic E-state index is 0.0949. The Kier molecular flexibility index (Phi) is 8.61. The molecular weight excluding hydrogens is 456 g/mol. The average molecular weight is 489 g/mol. The summed E-state index contributed by atoms with van der Waals surface area (Å²) >= 11 is 0. The van der Waals surface area contributed by atoms with Crippen molar-refractivity contribution >= 4 is 17.9 Å². The van der Waals surface area contributed by atoms with Crippen LogP contribution >= 0.6 is 0 Å². The first-order chi connectivity index (χ1) is 17.2. The Morgan fingerprint density at radius 3 is 2.47 bits per heavy atom. The molecule has 0 aliphatic carbocycles. The summed E-state index contributed by atoms with van der Waals surface area (Å²) in [5.74, 6) is 2.08. The zero-order valence-corrected chi connectivity index (χ0v) is 21.2. The maximum absolute atomic E-state index is 12.1. The van der Waals surface area contributed by atoms with Gasteiger partial charge in [-0.2, -0.15) is 0 Å². The van der Waals surface area contributed by atoms with Gasteiger partial charge in [0.2, 0.25) is 0 Å². The van der Waals surface area contributed by atoms with E-state index in [4.69, 9.17) is 19.9 Å². The first-order valence-corrected chi connectivity index (χ1v) is 11.4. The molecule has 0 bridgehead atoms. The Balaban J connectivity index is 1.92. The second kappa shape index (κ2) is 11.8. The van der Waals surface area contributed by atoms with E-state index in [0.29, 0.717) is 23.1 Å². The SMILES string of the molecule is CN/C=C(\C=N)Nc1nc(-c2cccc(OCC(=O)NC(C)(C)C)c2)ncc1-c1ccc(OC)cc1. The van der Waals surface area contributed by atoms with E-state index in [-0.39, 0.29) is 18.1 Å². The molecule has 3 rings (SSSR count). The molecule has 4 N–H and O–H groups in total. The Bertz CT molecular complexity index is 1230. The van der Waals surface area contributed by atoms with E-state index in [1.165, 1.54) is 6.21 Å². The standard InChI is InChI=1S/C27H32N6O3/c1-27(2,3)33-24(34)17-36-22-8-6-7-19(13-22)25-30-16-23(18-9-11-21(35-5)12-10-18)26(32-25)31-20(14-28)15-29-4/h6-16,28-29H,17H2,1-5H3,(H,33,34)(H,30,31,32)/b20-15+,28-14?. The van der Waals surface area contributed by atoms with E-state index in [9.17, 15) is 4.79 Å². The molecule has 0 spiro atoms. The van der Waals surface area contributed by atoms with Gasteiger partial charge in [-0.3, -0.25) is 4.79 Å². The summed E-state index contributed by atoms with van der Waals surface area (Å²) in [6, 6.07) is 14.8. The largest absolute Gasteiger partial charge is 0.497 e. The predicted octanol–water partition coefficient (Wildman–Crippen LogP) is 4.23. The van der Waals surface area contributed by atoms with Crippen molar-refractivity contribution in [2.75, 3.05) is 26.1 Å². The summed E-state index contributed by atoms with van der Waals surface area (Å²) in [6.07, 6.45) is 4.61. The van der Waals surface area contributed by atoms with E-state index in [1.54, 1.807) is 38.7 Å². The molecule has 0 saturated heterocycles. The van der Waals surface area contributed by atoms with Crippen LogP contribution in [0.3, 0.4) is 0 Å². The number of aromatic nitrogens is 2. The third-order valence-electron chi connectivity index (χ3n) is 4.88. The van der Waals surface area contributed by atoms with Gasteiger partial charge in [0.25, 0.3) is 5.91 Å². The van der Waals surface area contributed by atoms with Gasteiger partial charge in [0.15, 0.2) is 12.4 Å². The summed E-state index contributed by atoms with van der Waals surface area (Å²) in [4.78, 5) is 21.5. The number of anilines is 1. The van der Waals surface area contributed by atoms with Gasteiger partial charge in [-0.05, 0) is 50.6 Å². The van der Waals surface area contributed by atoms with E-state index in [2.05, 4.69) is 20.9 Å². The fourth-order valence-corrected chi connectivity index (χ4v) is 3.33. The molecule has 0 fully saturated rings. The van der Waals surface area contributed by atoms with Crippen molar-refractivity contribution in [1.29, 1.82) is 5.41 Å². The summed E-state index contributed by atoms with van der Waals surface area (Å²) in [7, 11) is 3.38. The number of amides is 1. The van der Waals surface area contributed by atoms with Crippen LogP contribution in [0.5, 0.6) is 11.5 Å². The van der Waals surface area contributed by atoms with Crippen molar-refractivity contribution < 1.29 is 14.3 Å². The summed E-state index contributed by atoms with van der Waals surface area (Å²) < 4.78 is 11.0. The molecule has 9 heteroatoms. The highest BCUT2D eigenvalue weighted by molar-refractivity contribution is 5.85. The van der Waals surface area contributed by atoms with Crippen LogP contribution in [0.1, 0.15) is 20.8 Å². The Hall–Kier alpha value is -4.40. The molecule has 9 nitrogen and oxygen atoms in total. The topological polar surface area (TPSA) is 121 Å². The number of carbonyl (C=O) groups excluding carboxylic acids is 1. The predicted molar refractivity (Wildman–Crippen MR) is 142 cm³/mol. The number of hydrogen-bond acceptors (Lipinski definition) is 8. The normalized spacial score (nSPS) is 11.4. The van der Waals surface area contributed by atoms with E-state index in [1.807, 2.05) is 57.2 Å². The highest BCUT2D eigenvalue weighted by Crippen LogP contribution is 2.31. The number of nitrogens with zero attached hydrogens (tertiary/aromatic N) is 2. The molecule has 0 saturated carbocycles. The molecule has 3 aromatic rings. The molecule has 0 unspecified atom stereocenters. The number of allylic oxidation sites excluding steroid dienone is 1. The van der Waals surface area contributed by atoms with Crippen LogP contribution in [0.2, 0.25) is 0 Å². The van der Waals surface area contributed by atoms with Crippen LogP contribution in [0, 0.1) is 5.41 Å². The van der Waals surface area contributed by atoms with Crippen LogP contribution in [-0.2, 0) is 4.79 Å². The minimum atomic E-state index is -0.331. The maximum atomic E-state index is 12.1. The minimum Gasteiger partial charge on any atom is -0.497 e. The van der Waals surface area contributed by atoms with Crippen LogP contribution in [0.15, 0.2) is 66.6 Å². The number of ether oxygens (including phenoxy) is 2. The Labute approximate surface area is 211 Å². The lowest BCUT2D eigenvalue weighted by molar-refractivity contribution is -0.124. The second-order valence-corrected chi connectivity index (χ2v) is 8.96. The van der Waals surface area contributed by atoms with Crippen molar-refractivity contribution in [2.45, 2.75) is 26.3 Å². The highest BCUT2D eigenvalue weighted by Gasteiger charge is 2.15. The fourth-order valence-electron chi connectivity index (χ4n) is 3.33. The van der Waals surface area contributed by atoms with Crippen LogP contribution in [0.4, 0.5) is 5.82 Å². The van der Waals surface area contributed by atoms with E-state index in [0.717, 1.165) is 22.4 Å². The third-order valence-corrected chi connectivity index (χ3v) is 4.88. The molecule has 1 heterocycles. The second-order valence-electron chi connectivity index (χ2n) is 8.96. The number of rotatable bonds is 10. The monoisotopic (exact) mass is 488 g/mol. The summed E-state index contributed by atoms with van der Waals surface area (Å²) in [5.41, 5.74) is 2.57. The van der Waals surface area contributed by atoms with Gasteiger partial charge in [0.05, 0.1) is 12.8 Å². The maximum Gasteiger partial charge on any atom is 0.258 e. The van der Waals surface area contributed by atoms with Crippen molar-refractivity contribution in [2.24, 2.45) is 0 Å². The fraction of sp³-hybridized carbons (Fsp3) is 0.259. The molecule has 0 aliphatic rings. The van der Waals surface area contributed by atoms with E-state index < -0.39 is 0 Å². The van der Waals surface area contributed by atoms with E-state index >= 15 is 0 Å². The zero-order chi connectivity index (χ0) is 26.1. The Morgan fingerprint density at radius 2 is 1.83 bits per heavy atom. The molecule has 0 aliphatic heterocycles. The molecule has 188 valence electrons. The van der Waals surface area contributed by atoms with Crippen LogP contribution in [0.25, 0.3) is 22.5 Å². The number of methoxy groups -OCH3 is 1. The lowest BCUT2D eigenvalue weighted by atomic mass is 10.1. The lowest BCUT2D eigenvalue weighted by Gasteiger charge is -2.20. The number of benzene rings is 2. The summed E-state index contributed by atoms with van der Waals surface area (Å²) in [6.45, 7) is 5.65. The first kappa shape index (κ1) is 26.2. The quantitative estimate of drug-likeness (QED) is 0.315. The number of carbonyl (C=O) groups is 1. The van der Waals surface area contributed by atoms with Crippen LogP contribution < -0.4 is 25.4 Å².